The van der Waals surface area contributed by atoms with E-state index in [1.807, 2.05) is 0 Å². The summed E-state index contributed by atoms with van der Waals surface area (Å²) >= 11 is 0. The number of carbonyl (C=O) groups excluding carboxylic acids is 2. The zero-order chi connectivity index (χ0) is 29.0. The molecule has 4 aliphatic rings. The van der Waals surface area contributed by atoms with Gasteiger partial charge in [-0.15, -0.1) is 0 Å². The number of carbonyl (C=O) groups is 2. The Hall–Kier alpha value is -2.45. The highest BCUT2D eigenvalue weighted by atomic mass is 16.7. The molecule has 39 heavy (non-hydrogen) atoms. The molecule has 13 nitrogen and oxygen atoms in total. The lowest BCUT2D eigenvalue weighted by Crippen LogP contribution is -2.65. The molecule has 0 radical (unpaired) electrons. The predicted molar refractivity (Wildman–Crippen MR) is 146 cm³/mol. The zero-order valence-corrected chi connectivity index (χ0v) is 24.0. The molecule has 0 aromatic carbocycles. The van der Waals surface area contributed by atoms with Gasteiger partial charge < -0.3 is 30.4 Å². The third-order valence-corrected chi connectivity index (χ3v) is 8.58. The van der Waals surface area contributed by atoms with E-state index in [1.165, 1.54) is 0 Å². The van der Waals surface area contributed by atoms with Crippen LogP contribution in [0.3, 0.4) is 0 Å². The third-order valence-electron chi connectivity index (χ3n) is 8.58. The van der Waals surface area contributed by atoms with Crippen molar-refractivity contribution < 1.29 is 28.7 Å². The van der Waals surface area contributed by atoms with Crippen LogP contribution in [0.4, 0.5) is 0 Å². The van der Waals surface area contributed by atoms with Gasteiger partial charge in [0.2, 0.25) is 11.8 Å². The van der Waals surface area contributed by atoms with Gasteiger partial charge in [0.25, 0.3) is 5.96 Å². The van der Waals surface area contributed by atoms with Crippen LogP contribution >= 0.6 is 0 Å². The molecule has 3 saturated carbocycles. The van der Waals surface area contributed by atoms with Crippen LogP contribution in [0, 0.1) is 33.3 Å². The first-order valence-electron chi connectivity index (χ1n) is 14.0. The molecule has 1 saturated heterocycles. The number of aliphatic imine (C=N–C) groups is 1. The minimum absolute atomic E-state index is 0.0105. The molecule has 1 aliphatic heterocycles. The summed E-state index contributed by atoms with van der Waals surface area (Å²) in [4.78, 5) is 40.3. The van der Waals surface area contributed by atoms with E-state index in [4.69, 9.17) is 19.8 Å². The van der Waals surface area contributed by atoms with Gasteiger partial charge in [0.1, 0.15) is 12.6 Å². The second-order valence-corrected chi connectivity index (χ2v) is 12.1. The summed E-state index contributed by atoms with van der Waals surface area (Å²) in [5.74, 6) is -0.220. The van der Waals surface area contributed by atoms with Crippen molar-refractivity contribution in [3.8, 4) is 0 Å². The molecule has 4 fully saturated rings. The van der Waals surface area contributed by atoms with Crippen molar-refractivity contribution in [3.05, 3.63) is 10.1 Å². The van der Waals surface area contributed by atoms with Gasteiger partial charge in [0, 0.05) is 13.2 Å². The van der Waals surface area contributed by atoms with Crippen molar-refractivity contribution in [1.82, 2.24) is 16.1 Å². The average molecular weight is 552 g/mol. The van der Waals surface area contributed by atoms with E-state index in [-0.39, 0.29) is 48.9 Å². The summed E-state index contributed by atoms with van der Waals surface area (Å²) in [7, 11) is -0.584. The van der Waals surface area contributed by atoms with Crippen molar-refractivity contribution in [1.29, 1.82) is 0 Å². The minimum atomic E-state index is -0.862. The van der Waals surface area contributed by atoms with Crippen molar-refractivity contribution >= 4 is 24.9 Å². The van der Waals surface area contributed by atoms with Gasteiger partial charge in [-0.05, 0) is 69.1 Å². The quantitative estimate of drug-likeness (QED) is 0.0615. The van der Waals surface area contributed by atoms with Crippen molar-refractivity contribution in [2.45, 2.75) is 97.3 Å². The highest BCUT2D eigenvalue weighted by Crippen LogP contribution is 2.65. The lowest BCUT2D eigenvalue weighted by atomic mass is 9.43. The lowest BCUT2D eigenvalue weighted by Gasteiger charge is -2.64. The molecule has 0 unspecified atom stereocenters. The first kappa shape index (κ1) is 31.1. The number of rotatable bonds is 14. The van der Waals surface area contributed by atoms with Crippen LogP contribution < -0.4 is 21.8 Å². The first-order chi connectivity index (χ1) is 18.3. The van der Waals surface area contributed by atoms with E-state index in [2.05, 4.69) is 50.2 Å². The topological polar surface area (TPSA) is 179 Å². The molecule has 6 atom stereocenters. The molecular formula is C25H45BN6O7. The Balaban J connectivity index is 1.68. The monoisotopic (exact) mass is 552 g/mol. The molecule has 4 rings (SSSR count). The second-order valence-electron chi connectivity index (χ2n) is 12.1. The van der Waals surface area contributed by atoms with Crippen LogP contribution in [0.5, 0.6) is 0 Å². The zero-order valence-electron chi connectivity index (χ0n) is 24.0. The molecule has 0 aromatic heterocycles. The fourth-order valence-corrected chi connectivity index (χ4v) is 6.42. The van der Waals surface area contributed by atoms with Gasteiger partial charge in [-0.1, -0.05) is 33.1 Å². The highest BCUT2D eigenvalue weighted by molar-refractivity contribution is 6.47. The Morgan fingerprint density at radius 2 is 1.97 bits per heavy atom. The van der Waals surface area contributed by atoms with Crippen LogP contribution in [-0.4, -0.2) is 73.4 Å². The van der Waals surface area contributed by atoms with Crippen LogP contribution in [0.25, 0.3) is 0 Å². The number of amides is 2. The Morgan fingerprint density at radius 1 is 1.26 bits per heavy atom. The number of hydrogen-bond donors (Lipinski definition) is 4. The molecule has 3 aliphatic carbocycles. The maximum Gasteiger partial charge on any atom is 0.481 e. The standard InChI is InChI=1S/C25H45BN6O7/c1-7-37-14-21(33)29-17(9-8-10-28-23(27)31-32(35)36)22(34)30-20(11-15(2)3)26-38-19-13-16-12-18(24(16,4)5)25(19,6)39-26/h15-20H,7-14H2,1-6H3,(H,29,33)(H,30,34)(H3,27,28,31)/t16-,17-,18-,19+,20-,25-/m0/s1. The van der Waals surface area contributed by atoms with Crippen molar-refractivity contribution in [3.63, 3.8) is 0 Å². The number of ether oxygens (including phenoxy) is 1. The Labute approximate surface area is 231 Å². The lowest BCUT2D eigenvalue weighted by molar-refractivity contribution is -0.525. The smallest absolute Gasteiger partial charge is 0.404 e. The molecule has 2 bridgehead atoms. The number of nitrogens with two attached hydrogens (primary N) is 1. The number of hydrazine groups is 1. The van der Waals surface area contributed by atoms with E-state index in [9.17, 15) is 19.7 Å². The highest BCUT2D eigenvalue weighted by Gasteiger charge is 2.68. The average Bonchev–Trinajstić information content (AvgIpc) is 3.20. The van der Waals surface area contributed by atoms with Gasteiger partial charge in [0.05, 0.1) is 17.6 Å². The predicted octanol–water partition coefficient (Wildman–Crippen LogP) is 1.18. The minimum Gasteiger partial charge on any atom is -0.404 e. The van der Waals surface area contributed by atoms with E-state index in [0.717, 1.165) is 12.8 Å². The summed E-state index contributed by atoms with van der Waals surface area (Å²) in [5.41, 5.74) is 7.05. The molecule has 5 N–H and O–H groups in total. The molecule has 14 heteroatoms. The van der Waals surface area contributed by atoms with Gasteiger partial charge in [0.15, 0.2) is 5.03 Å². The molecule has 1 heterocycles. The Kier molecular flexibility index (Phi) is 10.2. The Morgan fingerprint density at radius 3 is 2.59 bits per heavy atom. The summed E-state index contributed by atoms with van der Waals surface area (Å²) in [6.45, 7) is 13.0. The first-order valence-corrected chi connectivity index (χ1v) is 14.0. The molecule has 0 aromatic rings. The van der Waals surface area contributed by atoms with E-state index >= 15 is 0 Å². The summed E-state index contributed by atoms with van der Waals surface area (Å²) in [6, 6.07) is -0.862. The number of hydrogen-bond acceptors (Lipinski definition) is 8. The maximum atomic E-state index is 13.5. The van der Waals surface area contributed by atoms with Crippen molar-refractivity contribution in [2.24, 2.45) is 33.9 Å². The van der Waals surface area contributed by atoms with Gasteiger partial charge in [-0.3, -0.25) is 9.59 Å². The number of nitrogens with zero attached hydrogens (tertiary/aromatic N) is 2. The number of nitrogens with one attached hydrogen (secondary N) is 3. The molecular weight excluding hydrogens is 507 g/mol. The van der Waals surface area contributed by atoms with E-state index in [1.54, 1.807) is 12.3 Å². The fraction of sp³-hybridized carbons (Fsp3) is 0.880. The van der Waals surface area contributed by atoms with Crippen LogP contribution in [0.2, 0.25) is 0 Å². The van der Waals surface area contributed by atoms with Gasteiger partial charge >= 0.3 is 7.12 Å². The SMILES string of the molecule is CCOCC(=O)N[C@@H](CCCN=C(N)N[N+](=O)[O-])C(=O)N[C@@H](CC(C)C)B1O[C@@H]2C[C@@H]3C[C@@H](C3(C)C)[C@]2(C)O1. The van der Waals surface area contributed by atoms with E-state index < -0.39 is 35.6 Å². The van der Waals surface area contributed by atoms with Gasteiger partial charge in [-0.25, -0.2) is 15.1 Å². The fourth-order valence-electron chi connectivity index (χ4n) is 6.42. The van der Waals surface area contributed by atoms with Crippen LogP contribution in [0.1, 0.15) is 73.6 Å². The Bertz CT molecular complexity index is 935. The maximum absolute atomic E-state index is 13.5. The summed E-state index contributed by atoms with van der Waals surface area (Å²) in [6.07, 6.45) is 3.32. The molecule has 0 spiro atoms. The van der Waals surface area contributed by atoms with E-state index in [0.29, 0.717) is 31.3 Å². The van der Waals surface area contributed by atoms with Gasteiger partial charge in [-0.2, -0.15) is 0 Å². The summed E-state index contributed by atoms with van der Waals surface area (Å²) < 4.78 is 18.3. The third kappa shape index (κ3) is 7.40. The van der Waals surface area contributed by atoms with Crippen molar-refractivity contribution in [2.75, 3.05) is 19.8 Å². The van der Waals surface area contributed by atoms with Crippen LogP contribution in [-0.2, 0) is 23.6 Å². The number of guanidine groups is 1. The van der Waals surface area contributed by atoms with Crippen LogP contribution in [0.15, 0.2) is 4.99 Å². The second kappa shape index (κ2) is 12.8. The number of nitro groups is 1. The molecule has 2 amide bonds. The summed E-state index contributed by atoms with van der Waals surface area (Å²) in [5, 5.41) is 15.5. The molecule has 220 valence electrons. The normalized spacial score (nSPS) is 28.7. The largest absolute Gasteiger partial charge is 0.481 e.